The molecule has 0 atom stereocenters. The van der Waals surface area contributed by atoms with Gasteiger partial charge in [-0.1, -0.05) is 32.9 Å². The second-order valence-corrected chi connectivity index (χ2v) is 7.82. The number of thiazole rings is 1. The summed E-state index contributed by atoms with van der Waals surface area (Å²) in [5.41, 5.74) is 2.21. The second kappa shape index (κ2) is 8.94. The summed E-state index contributed by atoms with van der Waals surface area (Å²) in [5, 5.41) is 9.83. The molecule has 4 nitrogen and oxygen atoms in total. The van der Waals surface area contributed by atoms with Crippen molar-refractivity contribution in [3.63, 3.8) is 0 Å². The van der Waals surface area contributed by atoms with Crippen LogP contribution in [0.3, 0.4) is 0 Å². The van der Waals surface area contributed by atoms with E-state index in [1.807, 2.05) is 6.92 Å². The molecule has 6 heteroatoms. The van der Waals surface area contributed by atoms with Crippen molar-refractivity contribution in [2.24, 2.45) is 4.99 Å². The number of aliphatic imine (C=N–C) groups is 1. The lowest BCUT2D eigenvalue weighted by molar-refractivity contribution is 0.570. The topological polar surface area (TPSA) is 49.3 Å². The maximum absolute atomic E-state index is 12.9. The Bertz CT molecular complexity index is 686. The summed E-state index contributed by atoms with van der Waals surface area (Å²) in [4.78, 5) is 9.25. The Kier molecular flexibility index (Phi) is 6.93. The van der Waals surface area contributed by atoms with Crippen molar-refractivity contribution in [1.29, 1.82) is 0 Å². The minimum atomic E-state index is -0.226. The minimum Gasteiger partial charge on any atom is -0.357 e. The molecule has 0 saturated carbocycles. The highest BCUT2D eigenvalue weighted by Crippen LogP contribution is 2.23. The molecule has 0 saturated heterocycles. The molecule has 0 aliphatic heterocycles. The Morgan fingerprint density at radius 2 is 1.92 bits per heavy atom. The summed E-state index contributed by atoms with van der Waals surface area (Å²) in [7, 11) is 0. The first-order valence-electron chi connectivity index (χ1n) is 8.60. The van der Waals surface area contributed by atoms with Gasteiger partial charge in [0.05, 0.1) is 17.2 Å². The summed E-state index contributed by atoms with van der Waals surface area (Å²) < 4.78 is 12.9. The maximum Gasteiger partial charge on any atom is 0.191 e. The lowest BCUT2D eigenvalue weighted by atomic mass is 9.93. The van der Waals surface area contributed by atoms with E-state index in [0.717, 1.165) is 41.7 Å². The number of guanidine groups is 1. The van der Waals surface area contributed by atoms with Gasteiger partial charge in [-0.25, -0.2) is 14.4 Å². The van der Waals surface area contributed by atoms with E-state index in [9.17, 15) is 4.39 Å². The smallest absolute Gasteiger partial charge is 0.191 e. The molecule has 0 aliphatic carbocycles. The highest BCUT2D eigenvalue weighted by atomic mass is 32.1. The average molecular weight is 363 g/mol. The Morgan fingerprint density at radius 3 is 2.52 bits per heavy atom. The van der Waals surface area contributed by atoms with E-state index in [-0.39, 0.29) is 11.2 Å². The second-order valence-electron chi connectivity index (χ2n) is 6.87. The minimum absolute atomic E-state index is 0.0910. The number of halogens is 1. The van der Waals surface area contributed by atoms with Crippen molar-refractivity contribution in [2.75, 3.05) is 13.1 Å². The molecule has 0 radical (unpaired) electrons. The quantitative estimate of drug-likeness (QED) is 0.606. The summed E-state index contributed by atoms with van der Waals surface area (Å²) in [6.07, 6.45) is 0.863. The largest absolute Gasteiger partial charge is 0.357 e. The van der Waals surface area contributed by atoms with Gasteiger partial charge in [-0.05, 0) is 24.6 Å². The molecule has 1 aromatic heterocycles. The zero-order chi connectivity index (χ0) is 18.3. The Hall–Kier alpha value is -1.95. The van der Waals surface area contributed by atoms with Gasteiger partial charge < -0.3 is 10.6 Å². The van der Waals surface area contributed by atoms with E-state index in [1.165, 1.54) is 12.1 Å². The molecule has 0 spiro atoms. The standard InChI is InChI=1S/C19H27FN4S/c1-5-21-18(23-12-14-6-8-15(20)9-7-14)22-11-10-17-24-16(13-25-17)19(2,3)4/h6-9,13H,5,10-12H2,1-4H3,(H2,21,22,23). The van der Waals surface area contributed by atoms with E-state index in [2.05, 4.69) is 41.8 Å². The van der Waals surface area contributed by atoms with Crippen molar-refractivity contribution in [3.05, 3.63) is 51.7 Å². The molecule has 0 unspecified atom stereocenters. The third kappa shape index (κ3) is 6.46. The molecule has 2 rings (SSSR count). The molecule has 0 aliphatic rings. The van der Waals surface area contributed by atoms with Crippen molar-refractivity contribution in [2.45, 2.75) is 46.1 Å². The molecular formula is C19H27FN4S. The normalized spacial score (nSPS) is 12.3. The van der Waals surface area contributed by atoms with Gasteiger partial charge in [0.1, 0.15) is 5.82 Å². The highest BCUT2D eigenvalue weighted by molar-refractivity contribution is 7.09. The van der Waals surface area contributed by atoms with Gasteiger partial charge in [-0.3, -0.25) is 0 Å². The summed E-state index contributed by atoms with van der Waals surface area (Å²) >= 11 is 1.71. The van der Waals surface area contributed by atoms with Crippen LogP contribution in [0.15, 0.2) is 34.6 Å². The van der Waals surface area contributed by atoms with Crippen LogP contribution in [0.2, 0.25) is 0 Å². The van der Waals surface area contributed by atoms with Crippen LogP contribution < -0.4 is 10.6 Å². The number of hydrogen-bond donors (Lipinski definition) is 2. The van der Waals surface area contributed by atoms with Crippen LogP contribution in [-0.2, 0) is 18.4 Å². The first-order valence-corrected chi connectivity index (χ1v) is 9.48. The monoisotopic (exact) mass is 362 g/mol. The Balaban J connectivity index is 1.87. The van der Waals surface area contributed by atoms with Gasteiger partial charge in [-0.2, -0.15) is 0 Å². The van der Waals surface area contributed by atoms with E-state index in [4.69, 9.17) is 4.98 Å². The molecule has 0 amide bonds. The third-order valence-corrected chi connectivity index (χ3v) is 4.54. The fourth-order valence-corrected chi connectivity index (χ4v) is 3.18. The maximum atomic E-state index is 12.9. The highest BCUT2D eigenvalue weighted by Gasteiger charge is 2.17. The van der Waals surface area contributed by atoms with Crippen molar-refractivity contribution >= 4 is 17.3 Å². The summed E-state index contributed by atoms with van der Waals surface area (Å²) in [6.45, 7) is 10.6. The first-order chi connectivity index (χ1) is 11.9. The van der Waals surface area contributed by atoms with Crippen molar-refractivity contribution < 1.29 is 4.39 Å². The van der Waals surface area contributed by atoms with Crippen molar-refractivity contribution in [1.82, 2.24) is 15.6 Å². The molecule has 2 aromatic rings. The molecule has 25 heavy (non-hydrogen) atoms. The van der Waals surface area contributed by atoms with Crippen LogP contribution in [0, 0.1) is 5.82 Å². The van der Waals surface area contributed by atoms with Crippen LogP contribution in [0.25, 0.3) is 0 Å². The van der Waals surface area contributed by atoms with Crippen LogP contribution >= 0.6 is 11.3 Å². The molecule has 2 N–H and O–H groups in total. The van der Waals surface area contributed by atoms with E-state index in [1.54, 1.807) is 23.5 Å². The Morgan fingerprint density at radius 1 is 1.20 bits per heavy atom. The van der Waals surface area contributed by atoms with Crippen LogP contribution in [0.1, 0.15) is 44.0 Å². The fourth-order valence-electron chi connectivity index (χ4n) is 2.16. The zero-order valence-electron chi connectivity index (χ0n) is 15.4. The molecule has 1 heterocycles. The number of benzene rings is 1. The number of hydrogen-bond acceptors (Lipinski definition) is 3. The van der Waals surface area contributed by atoms with E-state index < -0.39 is 0 Å². The number of rotatable bonds is 6. The van der Waals surface area contributed by atoms with Crippen LogP contribution in [0.5, 0.6) is 0 Å². The SMILES string of the molecule is CCNC(=NCc1ccc(F)cc1)NCCc1nc(C(C)(C)C)cs1. The average Bonchev–Trinajstić information content (AvgIpc) is 3.03. The predicted molar refractivity (Wildman–Crippen MR) is 104 cm³/mol. The van der Waals surface area contributed by atoms with Gasteiger partial charge in [0.2, 0.25) is 0 Å². The van der Waals surface area contributed by atoms with Crippen LogP contribution in [-0.4, -0.2) is 24.0 Å². The number of aromatic nitrogens is 1. The van der Waals surface area contributed by atoms with Crippen LogP contribution in [0.4, 0.5) is 4.39 Å². The lowest BCUT2D eigenvalue weighted by Crippen LogP contribution is -2.38. The van der Waals surface area contributed by atoms with Gasteiger partial charge in [0.15, 0.2) is 5.96 Å². The van der Waals surface area contributed by atoms with Crippen molar-refractivity contribution in [3.8, 4) is 0 Å². The molecule has 1 aromatic carbocycles. The van der Waals surface area contributed by atoms with Gasteiger partial charge >= 0.3 is 0 Å². The summed E-state index contributed by atoms with van der Waals surface area (Å²) in [6, 6.07) is 6.43. The third-order valence-electron chi connectivity index (χ3n) is 3.63. The predicted octanol–water partition coefficient (Wildman–Crippen LogP) is 3.88. The summed E-state index contributed by atoms with van der Waals surface area (Å²) in [5.74, 6) is 0.537. The molecule has 0 bridgehead atoms. The number of nitrogens with zero attached hydrogens (tertiary/aromatic N) is 2. The van der Waals surface area contributed by atoms with Gasteiger partial charge in [0.25, 0.3) is 0 Å². The first kappa shape index (κ1) is 19.4. The zero-order valence-corrected chi connectivity index (χ0v) is 16.2. The lowest BCUT2D eigenvalue weighted by Gasteiger charge is -2.14. The Labute approximate surface area is 153 Å². The van der Waals surface area contributed by atoms with Gasteiger partial charge in [-0.15, -0.1) is 11.3 Å². The molecule has 0 fully saturated rings. The van der Waals surface area contributed by atoms with Gasteiger partial charge in [0, 0.05) is 30.3 Å². The number of nitrogens with one attached hydrogen (secondary N) is 2. The fraction of sp³-hybridized carbons (Fsp3) is 0.474. The molecular weight excluding hydrogens is 335 g/mol. The molecule has 136 valence electrons. The van der Waals surface area contributed by atoms with E-state index in [0.29, 0.717) is 6.54 Å². The van der Waals surface area contributed by atoms with E-state index >= 15 is 0 Å².